The van der Waals surface area contributed by atoms with Crippen molar-refractivity contribution in [2.45, 2.75) is 12.8 Å². The minimum absolute atomic E-state index is 0.0231. The number of hydrogen-bond donors (Lipinski definition) is 2. The van der Waals surface area contributed by atoms with Crippen LogP contribution in [0.5, 0.6) is 0 Å². The van der Waals surface area contributed by atoms with Crippen molar-refractivity contribution < 1.29 is 10.0 Å². The molecule has 0 spiro atoms. The van der Waals surface area contributed by atoms with E-state index in [1.807, 2.05) is 0 Å². The van der Waals surface area contributed by atoms with Gasteiger partial charge in [0, 0.05) is 5.92 Å². The van der Waals surface area contributed by atoms with Gasteiger partial charge in [0.1, 0.15) is 0 Å². The van der Waals surface area contributed by atoms with Crippen molar-refractivity contribution >= 4 is 5.91 Å². The standard InChI is InChI=1S/C8H11NO2/c10-8(9-11)7-4-5-1-2-6(7)3-5/h1-2,5-7,11H,3-4H2,(H,9,10)/t5-,6-,7-/m0/s1. The first kappa shape index (κ1) is 6.85. The van der Waals surface area contributed by atoms with Crippen LogP contribution in [0.3, 0.4) is 0 Å². The predicted octanol–water partition coefficient (Wildman–Crippen LogP) is 0.704. The van der Waals surface area contributed by atoms with Gasteiger partial charge in [-0.25, -0.2) is 5.48 Å². The molecule has 3 heteroatoms. The van der Waals surface area contributed by atoms with Crippen molar-refractivity contribution in [1.29, 1.82) is 0 Å². The van der Waals surface area contributed by atoms with Crippen molar-refractivity contribution in [1.82, 2.24) is 5.48 Å². The summed E-state index contributed by atoms with van der Waals surface area (Å²) >= 11 is 0. The van der Waals surface area contributed by atoms with E-state index in [0.29, 0.717) is 11.8 Å². The van der Waals surface area contributed by atoms with Gasteiger partial charge < -0.3 is 0 Å². The maximum absolute atomic E-state index is 11.0. The molecule has 2 N–H and O–H groups in total. The molecule has 1 saturated carbocycles. The second-order valence-electron chi connectivity index (χ2n) is 3.36. The van der Waals surface area contributed by atoms with E-state index in [2.05, 4.69) is 12.2 Å². The highest BCUT2D eigenvalue weighted by atomic mass is 16.5. The first-order chi connectivity index (χ1) is 5.31. The third kappa shape index (κ3) is 0.959. The lowest BCUT2D eigenvalue weighted by atomic mass is 9.93. The highest BCUT2D eigenvalue weighted by Crippen LogP contribution is 2.43. The highest BCUT2D eigenvalue weighted by molar-refractivity contribution is 5.78. The molecule has 0 heterocycles. The molecule has 2 bridgehead atoms. The normalized spacial score (nSPS) is 39.5. The third-order valence-electron chi connectivity index (χ3n) is 2.73. The topological polar surface area (TPSA) is 49.3 Å². The van der Waals surface area contributed by atoms with Crippen molar-refractivity contribution in [3.8, 4) is 0 Å². The Hall–Kier alpha value is -0.830. The molecule has 0 saturated heterocycles. The molecule has 3 atom stereocenters. The van der Waals surface area contributed by atoms with Crippen molar-refractivity contribution in [2.75, 3.05) is 0 Å². The molecule has 0 radical (unpaired) electrons. The fourth-order valence-electron chi connectivity index (χ4n) is 2.17. The maximum Gasteiger partial charge on any atom is 0.247 e. The van der Waals surface area contributed by atoms with Gasteiger partial charge in [0.2, 0.25) is 5.91 Å². The molecule has 3 nitrogen and oxygen atoms in total. The number of carbonyl (C=O) groups excluding carboxylic acids is 1. The number of amides is 1. The Balaban J connectivity index is 2.08. The van der Waals surface area contributed by atoms with Crippen molar-refractivity contribution in [3.63, 3.8) is 0 Å². The maximum atomic E-state index is 11.0. The molecule has 0 unspecified atom stereocenters. The molecule has 2 rings (SSSR count). The Kier molecular flexibility index (Phi) is 1.46. The summed E-state index contributed by atoms with van der Waals surface area (Å²) in [5.74, 6) is 0.770. The number of fused-ring (bicyclic) bond motifs is 2. The van der Waals surface area contributed by atoms with Gasteiger partial charge >= 0.3 is 0 Å². The number of hydrogen-bond acceptors (Lipinski definition) is 2. The Labute approximate surface area is 65.1 Å². The van der Waals surface area contributed by atoms with E-state index in [4.69, 9.17) is 5.21 Å². The Bertz CT molecular complexity index is 212. The molecule has 11 heavy (non-hydrogen) atoms. The smallest absolute Gasteiger partial charge is 0.247 e. The van der Waals surface area contributed by atoms with Crippen LogP contribution in [-0.4, -0.2) is 11.1 Å². The first-order valence-corrected chi connectivity index (χ1v) is 3.93. The second-order valence-corrected chi connectivity index (χ2v) is 3.36. The number of carbonyl (C=O) groups is 1. The van der Waals surface area contributed by atoms with Gasteiger partial charge in [0.05, 0.1) is 0 Å². The van der Waals surface area contributed by atoms with Crippen LogP contribution in [0, 0.1) is 17.8 Å². The summed E-state index contributed by atoms with van der Waals surface area (Å²) in [4.78, 5) is 11.0. The quantitative estimate of drug-likeness (QED) is 0.331. The van der Waals surface area contributed by atoms with E-state index in [-0.39, 0.29) is 11.8 Å². The zero-order chi connectivity index (χ0) is 7.84. The summed E-state index contributed by atoms with van der Waals surface area (Å²) in [7, 11) is 0. The minimum atomic E-state index is -0.221. The molecule has 1 amide bonds. The second kappa shape index (κ2) is 2.34. The number of rotatable bonds is 1. The van der Waals surface area contributed by atoms with E-state index < -0.39 is 0 Å². The molecule has 2 aliphatic rings. The molecule has 2 aliphatic carbocycles. The largest absolute Gasteiger partial charge is 0.289 e. The van der Waals surface area contributed by atoms with Crippen LogP contribution in [0.15, 0.2) is 12.2 Å². The summed E-state index contributed by atoms with van der Waals surface area (Å²) in [6.45, 7) is 0. The van der Waals surface area contributed by atoms with Crippen LogP contribution in [0.2, 0.25) is 0 Å². The molecule has 0 aliphatic heterocycles. The number of nitrogens with one attached hydrogen (secondary N) is 1. The zero-order valence-electron chi connectivity index (χ0n) is 6.16. The molecule has 60 valence electrons. The van der Waals surface area contributed by atoms with Crippen LogP contribution in [0.25, 0.3) is 0 Å². The summed E-state index contributed by atoms with van der Waals surface area (Å²) in [5.41, 5.74) is 1.72. The Morgan fingerprint density at radius 1 is 1.45 bits per heavy atom. The van der Waals surface area contributed by atoms with E-state index in [1.165, 1.54) is 0 Å². The van der Waals surface area contributed by atoms with E-state index in [1.54, 1.807) is 5.48 Å². The number of hydroxylamine groups is 1. The van der Waals surface area contributed by atoms with Crippen LogP contribution in [-0.2, 0) is 4.79 Å². The van der Waals surface area contributed by atoms with Gasteiger partial charge in [0.15, 0.2) is 0 Å². The third-order valence-corrected chi connectivity index (χ3v) is 2.73. The molecule has 0 aromatic heterocycles. The lowest BCUT2D eigenvalue weighted by molar-refractivity contribution is -0.134. The average molecular weight is 153 g/mol. The summed E-state index contributed by atoms with van der Waals surface area (Å²) in [6.07, 6.45) is 6.27. The van der Waals surface area contributed by atoms with Gasteiger partial charge in [0.25, 0.3) is 0 Å². The molecular weight excluding hydrogens is 142 g/mol. The summed E-state index contributed by atoms with van der Waals surface area (Å²) < 4.78 is 0. The number of allylic oxidation sites excluding steroid dienone is 2. The van der Waals surface area contributed by atoms with Crippen LogP contribution in [0.4, 0.5) is 0 Å². The van der Waals surface area contributed by atoms with Crippen LogP contribution in [0.1, 0.15) is 12.8 Å². The average Bonchev–Trinajstić information content (AvgIpc) is 2.62. The summed E-state index contributed by atoms with van der Waals surface area (Å²) in [6, 6.07) is 0. The van der Waals surface area contributed by atoms with E-state index in [0.717, 1.165) is 12.8 Å². The first-order valence-electron chi connectivity index (χ1n) is 3.93. The predicted molar refractivity (Wildman–Crippen MR) is 38.8 cm³/mol. The highest BCUT2D eigenvalue weighted by Gasteiger charge is 2.39. The minimum Gasteiger partial charge on any atom is -0.289 e. The monoisotopic (exact) mass is 153 g/mol. The van der Waals surface area contributed by atoms with Gasteiger partial charge in [-0.15, -0.1) is 0 Å². The molecule has 0 aromatic carbocycles. The lowest BCUT2D eigenvalue weighted by Crippen LogP contribution is -2.30. The molecular formula is C8H11NO2. The van der Waals surface area contributed by atoms with Gasteiger partial charge in [-0.2, -0.15) is 0 Å². The Morgan fingerprint density at radius 3 is 2.73 bits per heavy atom. The van der Waals surface area contributed by atoms with Crippen LogP contribution >= 0.6 is 0 Å². The van der Waals surface area contributed by atoms with Gasteiger partial charge in [-0.05, 0) is 24.7 Å². The Morgan fingerprint density at radius 2 is 2.27 bits per heavy atom. The van der Waals surface area contributed by atoms with E-state index >= 15 is 0 Å². The fraction of sp³-hybridized carbons (Fsp3) is 0.625. The molecule has 1 fully saturated rings. The van der Waals surface area contributed by atoms with E-state index in [9.17, 15) is 4.79 Å². The zero-order valence-corrected chi connectivity index (χ0v) is 6.16. The van der Waals surface area contributed by atoms with Crippen LogP contribution < -0.4 is 5.48 Å². The van der Waals surface area contributed by atoms with Crippen molar-refractivity contribution in [2.24, 2.45) is 17.8 Å². The SMILES string of the molecule is O=C(NO)[C@H]1C[C@H]2C=C[C@H]1C2. The van der Waals surface area contributed by atoms with Gasteiger partial charge in [-0.1, -0.05) is 12.2 Å². The van der Waals surface area contributed by atoms with Gasteiger partial charge in [-0.3, -0.25) is 10.0 Å². The summed E-state index contributed by atoms with van der Waals surface area (Å²) in [5, 5.41) is 8.40. The molecule has 0 aromatic rings. The lowest BCUT2D eigenvalue weighted by Gasteiger charge is -2.14. The fourth-order valence-corrected chi connectivity index (χ4v) is 2.17. The van der Waals surface area contributed by atoms with Crippen molar-refractivity contribution in [3.05, 3.63) is 12.2 Å².